The summed E-state index contributed by atoms with van der Waals surface area (Å²) in [5, 5.41) is 0. The van der Waals surface area contributed by atoms with E-state index in [2.05, 4.69) is 12.1 Å². The van der Waals surface area contributed by atoms with E-state index in [4.69, 9.17) is 15.2 Å². The Morgan fingerprint density at radius 2 is 1.87 bits per heavy atom. The van der Waals surface area contributed by atoms with Gasteiger partial charge in [0.1, 0.15) is 0 Å². The van der Waals surface area contributed by atoms with E-state index in [0.717, 1.165) is 12.0 Å². The minimum Gasteiger partial charge on any atom is -0.385 e. The number of methoxy groups -OCH3 is 2. The molecule has 0 aliphatic carbocycles. The van der Waals surface area contributed by atoms with Crippen LogP contribution in [0, 0.1) is 0 Å². The third kappa shape index (κ3) is 3.63. The fraction of sp³-hybridized carbons (Fsp3) is 0.500. The van der Waals surface area contributed by atoms with Crippen molar-refractivity contribution in [2.75, 3.05) is 20.8 Å². The summed E-state index contributed by atoms with van der Waals surface area (Å²) in [6.07, 6.45) is 0.978. The number of hydrogen-bond acceptors (Lipinski definition) is 3. The van der Waals surface area contributed by atoms with E-state index in [-0.39, 0.29) is 6.10 Å². The normalized spacial score (nSPS) is 12.7. The third-order valence-corrected chi connectivity index (χ3v) is 2.46. The van der Waals surface area contributed by atoms with Crippen molar-refractivity contribution in [1.29, 1.82) is 0 Å². The minimum absolute atomic E-state index is 0.108. The largest absolute Gasteiger partial charge is 0.385 e. The summed E-state index contributed by atoms with van der Waals surface area (Å²) in [4.78, 5) is 0. The van der Waals surface area contributed by atoms with Crippen LogP contribution >= 0.6 is 0 Å². The van der Waals surface area contributed by atoms with E-state index in [1.165, 1.54) is 5.56 Å². The standard InChI is InChI=1S/C12H19NO2/c1-14-8-7-12(15-2)11-5-3-10(9-13)4-6-11/h3-6,12H,7-9,13H2,1-2H3. The molecule has 1 unspecified atom stereocenters. The molecular weight excluding hydrogens is 190 g/mol. The summed E-state index contributed by atoms with van der Waals surface area (Å²) in [6.45, 7) is 1.28. The zero-order chi connectivity index (χ0) is 11.1. The van der Waals surface area contributed by atoms with Gasteiger partial charge in [0.05, 0.1) is 6.10 Å². The van der Waals surface area contributed by atoms with Crippen molar-refractivity contribution in [2.45, 2.75) is 19.1 Å². The first-order valence-electron chi connectivity index (χ1n) is 5.12. The molecule has 0 spiro atoms. The van der Waals surface area contributed by atoms with Gasteiger partial charge in [-0.1, -0.05) is 24.3 Å². The molecule has 0 amide bonds. The highest BCUT2D eigenvalue weighted by atomic mass is 16.5. The van der Waals surface area contributed by atoms with Gasteiger partial charge in [-0.15, -0.1) is 0 Å². The molecule has 1 atom stereocenters. The topological polar surface area (TPSA) is 44.5 Å². The summed E-state index contributed by atoms with van der Waals surface area (Å²) in [7, 11) is 3.42. The number of ether oxygens (including phenoxy) is 2. The fourth-order valence-corrected chi connectivity index (χ4v) is 1.51. The number of benzene rings is 1. The van der Waals surface area contributed by atoms with Gasteiger partial charge in [0.2, 0.25) is 0 Å². The summed E-state index contributed by atoms with van der Waals surface area (Å²) in [6, 6.07) is 8.19. The van der Waals surface area contributed by atoms with Crippen molar-refractivity contribution in [3.05, 3.63) is 35.4 Å². The molecule has 1 aromatic carbocycles. The molecule has 0 heterocycles. The monoisotopic (exact) mass is 209 g/mol. The lowest BCUT2D eigenvalue weighted by Gasteiger charge is -2.15. The zero-order valence-electron chi connectivity index (χ0n) is 9.40. The van der Waals surface area contributed by atoms with E-state index >= 15 is 0 Å². The average Bonchev–Trinajstić information content (AvgIpc) is 2.31. The Morgan fingerprint density at radius 1 is 1.20 bits per heavy atom. The summed E-state index contributed by atoms with van der Waals surface area (Å²) in [5.74, 6) is 0. The lowest BCUT2D eigenvalue weighted by Crippen LogP contribution is -2.05. The Labute approximate surface area is 91.2 Å². The predicted octanol–water partition coefficient (Wildman–Crippen LogP) is 1.87. The van der Waals surface area contributed by atoms with Gasteiger partial charge in [0, 0.05) is 33.8 Å². The second kappa shape index (κ2) is 6.56. The molecule has 0 radical (unpaired) electrons. The van der Waals surface area contributed by atoms with Gasteiger partial charge in [-0.3, -0.25) is 0 Å². The third-order valence-electron chi connectivity index (χ3n) is 2.46. The SMILES string of the molecule is COCCC(OC)c1ccc(CN)cc1. The Bertz CT molecular complexity index is 271. The van der Waals surface area contributed by atoms with Crippen molar-refractivity contribution in [2.24, 2.45) is 5.73 Å². The van der Waals surface area contributed by atoms with Crippen LogP contribution in [0.5, 0.6) is 0 Å². The molecule has 0 aromatic heterocycles. The molecular formula is C12H19NO2. The second-order valence-electron chi connectivity index (χ2n) is 3.45. The van der Waals surface area contributed by atoms with Crippen LogP contribution in [0.2, 0.25) is 0 Å². The van der Waals surface area contributed by atoms with Gasteiger partial charge in [0.15, 0.2) is 0 Å². The fourth-order valence-electron chi connectivity index (χ4n) is 1.51. The van der Waals surface area contributed by atoms with Crippen molar-refractivity contribution in [3.8, 4) is 0 Å². The zero-order valence-corrected chi connectivity index (χ0v) is 9.40. The highest BCUT2D eigenvalue weighted by Crippen LogP contribution is 2.20. The van der Waals surface area contributed by atoms with E-state index < -0.39 is 0 Å². The van der Waals surface area contributed by atoms with Gasteiger partial charge in [-0.2, -0.15) is 0 Å². The molecule has 0 fully saturated rings. The Balaban J connectivity index is 2.65. The van der Waals surface area contributed by atoms with Crippen molar-refractivity contribution < 1.29 is 9.47 Å². The first-order chi connectivity index (χ1) is 7.31. The van der Waals surface area contributed by atoms with Crippen LogP contribution < -0.4 is 5.73 Å². The summed E-state index contributed by atoms with van der Waals surface area (Å²) < 4.78 is 10.4. The quantitative estimate of drug-likeness (QED) is 0.778. The van der Waals surface area contributed by atoms with Gasteiger partial charge in [-0.25, -0.2) is 0 Å². The van der Waals surface area contributed by atoms with Crippen LogP contribution in [0.25, 0.3) is 0 Å². The van der Waals surface area contributed by atoms with Gasteiger partial charge in [0.25, 0.3) is 0 Å². The number of nitrogens with two attached hydrogens (primary N) is 1. The minimum atomic E-state index is 0.108. The predicted molar refractivity (Wildman–Crippen MR) is 60.6 cm³/mol. The maximum absolute atomic E-state index is 5.54. The van der Waals surface area contributed by atoms with Crippen molar-refractivity contribution in [3.63, 3.8) is 0 Å². The molecule has 84 valence electrons. The highest BCUT2D eigenvalue weighted by molar-refractivity contribution is 5.24. The maximum Gasteiger partial charge on any atom is 0.0843 e. The second-order valence-corrected chi connectivity index (χ2v) is 3.45. The lowest BCUT2D eigenvalue weighted by molar-refractivity contribution is 0.0662. The van der Waals surface area contributed by atoms with E-state index in [1.807, 2.05) is 12.1 Å². The molecule has 3 heteroatoms. The molecule has 2 N–H and O–H groups in total. The average molecular weight is 209 g/mol. The van der Waals surface area contributed by atoms with Crippen LogP contribution in [-0.2, 0) is 16.0 Å². The molecule has 1 aromatic rings. The Hall–Kier alpha value is -0.900. The molecule has 3 nitrogen and oxygen atoms in total. The highest BCUT2D eigenvalue weighted by Gasteiger charge is 2.09. The van der Waals surface area contributed by atoms with E-state index in [0.29, 0.717) is 13.2 Å². The summed E-state index contributed by atoms with van der Waals surface area (Å²) >= 11 is 0. The van der Waals surface area contributed by atoms with Crippen molar-refractivity contribution >= 4 is 0 Å². The maximum atomic E-state index is 5.54. The van der Waals surface area contributed by atoms with Crippen LogP contribution in [0.1, 0.15) is 23.7 Å². The lowest BCUT2D eigenvalue weighted by atomic mass is 10.0. The molecule has 0 saturated heterocycles. The van der Waals surface area contributed by atoms with Crippen LogP contribution in [0.3, 0.4) is 0 Å². The molecule has 0 aliphatic heterocycles. The molecule has 0 aliphatic rings. The molecule has 1 rings (SSSR count). The van der Waals surface area contributed by atoms with Crippen LogP contribution in [0.4, 0.5) is 0 Å². The number of rotatable bonds is 6. The summed E-state index contributed by atoms with van der Waals surface area (Å²) in [5.41, 5.74) is 7.85. The van der Waals surface area contributed by atoms with Gasteiger partial charge >= 0.3 is 0 Å². The smallest absolute Gasteiger partial charge is 0.0843 e. The van der Waals surface area contributed by atoms with E-state index in [9.17, 15) is 0 Å². The molecule has 15 heavy (non-hydrogen) atoms. The first-order valence-corrected chi connectivity index (χ1v) is 5.12. The molecule has 0 bridgehead atoms. The first kappa shape index (κ1) is 12.2. The number of hydrogen-bond donors (Lipinski definition) is 1. The van der Waals surface area contributed by atoms with Crippen LogP contribution in [0.15, 0.2) is 24.3 Å². The van der Waals surface area contributed by atoms with Gasteiger partial charge < -0.3 is 15.2 Å². The van der Waals surface area contributed by atoms with Crippen molar-refractivity contribution in [1.82, 2.24) is 0 Å². The van der Waals surface area contributed by atoms with Gasteiger partial charge in [-0.05, 0) is 11.1 Å². The molecule has 0 saturated carbocycles. The van der Waals surface area contributed by atoms with Crippen LogP contribution in [-0.4, -0.2) is 20.8 Å². The Morgan fingerprint density at radius 3 is 2.33 bits per heavy atom. The Kier molecular flexibility index (Phi) is 5.32. The van der Waals surface area contributed by atoms with E-state index in [1.54, 1.807) is 14.2 Å².